The normalized spacial score (nSPS) is 10.8. The maximum atomic E-state index is 11.5. The maximum Gasteiger partial charge on any atom is 0.366 e. The lowest BCUT2D eigenvalue weighted by atomic mass is 10.3. The van der Waals surface area contributed by atoms with Crippen molar-refractivity contribution in [1.82, 2.24) is 0 Å². The van der Waals surface area contributed by atoms with Crippen LogP contribution >= 0.6 is 11.6 Å². The lowest BCUT2D eigenvalue weighted by Crippen LogP contribution is -2.28. The summed E-state index contributed by atoms with van der Waals surface area (Å²) in [5.74, 6) is -1.76. The van der Waals surface area contributed by atoms with Crippen LogP contribution in [0.25, 0.3) is 0 Å². The summed E-state index contributed by atoms with van der Waals surface area (Å²) in [6.45, 7) is 1.75. The van der Waals surface area contributed by atoms with Gasteiger partial charge in [-0.2, -0.15) is 5.10 Å². The fraction of sp³-hybridized carbons (Fsp3) is 0.250. The van der Waals surface area contributed by atoms with E-state index in [2.05, 4.69) is 15.3 Å². The van der Waals surface area contributed by atoms with Crippen molar-refractivity contribution in [3.05, 3.63) is 29.3 Å². The van der Waals surface area contributed by atoms with Gasteiger partial charge in [-0.25, -0.2) is 9.59 Å². The Kier molecular flexibility index (Phi) is 5.81. The Labute approximate surface area is 115 Å². The predicted octanol–water partition coefficient (Wildman–Crippen LogP) is 1.84. The van der Waals surface area contributed by atoms with Crippen molar-refractivity contribution in [3.8, 4) is 0 Å². The van der Waals surface area contributed by atoms with Gasteiger partial charge in [0.25, 0.3) is 5.71 Å². The van der Waals surface area contributed by atoms with Crippen molar-refractivity contribution in [1.29, 1.82) is 0 Å². The molecule has 0 atom stereocenters. The number of halogens is 1. The van der Waals surface area contributed by atoms with E-state index in [0.29, 0.717) is 10.7 Å². The van der Waals surface area contributed by atoms with Gasteiger partial charge in [0, 0.05) is 0 Å². The van der Waals surface area contributed by atoms with Crippen molar-refractivity contribution in [2.45, 2.75) is 6.92 Å². The van der Waals surface area contributed by atoms with Gasteiger partial charge in [-0.3, -0.25) is 5.43 Å². The van der Waals surface area contributed by atoms with Gasteiger partial charge in [-0.1, -0.05) is 23.7 Å². The summed E-state index contributed by atoms with van der Waals surface area (Å²) in [7, 11) is 1.15. The van der Waals surface area contributed by atoms with Crippen molar-refractivity contribution in [2.24, 2.45) is 5.10 Å². The summed E-state index contributed by atoms with van der Waals surface area (Å²) >= 11 is 5.90. The molecule has 0 aromatic heterocycles. The molecule has 1 aromatic rings. The van der Waals surface area contributed by atoms with Gasteiger partial charge >= 0.3 is 11.9 Å². The van der Waals surface area contributed by atoms with Crippen LogP contribution in [0, 0.1) is 0 Å². The summed E-state index contributed by atoms with van der Waals surface area (Å²) in [6, 6.07) is 6.75. The highest BCUT2D eigenvalue weighted by Gasteiger charge is 2.23. The van der Waals surface area contributed by atoms with Crippen LogP contribution in [-0.2, 0) is 19.1 Å². The topological polar surface area (TPSA) is 77.0 Å². The number of nitrogens with one attached hydrogen (secondary N) is 1. The van der Waals surface area contributed by atoms with Gasteiger partial charge in [0.1, 0.15) is 0 Å². The first kappa shape index (κ1) is 15.0. The molecule has 0 aliphatic heterocycles. The van der Waals surface area contributed by atoms with Crippen LogP contribution in [-0.4, -0.2) is 31.4 Å². The van der Waals surface area contributed by atoms with Gasteiger partial charge in [-0.15, -0.1) is 0 Å². The van der Waals surface area contributed by atoms with Crippen LogP contribution in [0.1, 0.15) is 6.92 Å². The number of benzene rings is 1. The van der Waals surface area contributed by atoms with Crippen molar-refractivity contribution in [2.75, 3.05) is 19.1 Å². The number of hydrogen-bond donors (Lipinski definition) is 1. The number of esters is 2. The molecule has 1 rings (SSSR count). The average molecular weight is 285 g/mol. The van der Waals surface area contributed by atoms with Crippen LogP contribution in [0.2, 0.25) is 5.02 Å². The Balaban J connectivity index is 2.92. The van der Waals surface area contributed by atoms with E-state index in [-0.39, 0.29) is 6.61 Å². The quantitative estimate of drug-likeness (QED) is 0.386. The molecule has 0 bridgehead atoms. The largest absolute Gasteiger partial charge is 0.464 e. The molecule has 19 heavy (non-hydrogen) atoms. The molecule has 102 valence electrons. The first-order valence-corrected chi connectivity index (χ1v) is 5.81. The molecule has 1 aromatic carbocycles. The monoisotopic (exact) mass is 284 g/mol. The highest BCUT2D eigenvalue weighted by molar-refractivity contribution is 6.62. The first-order valence-electron chi connectivity index (χ1n) is 5.43. The second-order valence-corrected chi connectivity index (χ2v) is 3.67. The van der Waals surface area contributed by atoms with Gasteiger partial charge < -0.3 is 9.47 Å². The minimum atomic E-state index is -0.891. The van der Waals surface area contributed by atoms with E-state index in [4.69, 9.17) is 16.3 Å². The highest BCUT2D eigenvalue weighted by atomic mass is 35.5. The highest BCUT2D eigenvalue weighted by Crippen LogP contribution is 2.20. The number of hydrogen-bond acceptors (Lipinski definition) is 6. The number of hydrazone groups is 1. The van der Waals surface area contributed by atoms with Gasteiger partial charge in [0.05, 0.1) is 24.4 Å². The molecule has 0 saturated heterocycles. The Bertz CT molecular complexity index is 502. The van der Waals surface area contributed by atoms with Crippen LogP contribution in [0.15, 0.2) is 29.4 Å². The van der Waals surface area contributed by atoms with Crippen molar-refractivity contribution in [3.63, 3.8) is 0 Å². The molecule has 0 heterocycles. The zero-order valence-corrected chi connectivity index (χ0v) is 11.2. The number of nitrogens with zero attached hydrogens (tertiary/aromatic N) is 1. The SMILES string of the molecule is CCOC(=O)/C(=N/Nc1ccccc1Cl)C(=O)OC. The predicted molar refractivity (Wildman–Crippen MR) is 71.2 cm³/mol. The number of ether oxygens (including phenoxy) is 2. The van der Waals surface area contributed by atoms with E-state index in [1.807, 2.05) is 0 Å². The Hall–Kier alpha value is -2.08. The Morgan fingerprint density at radius 2 is 2.00 bits per heavy atom. The van der Waals surface area contributed by atoms with Crippen molar-refractivity contribution < 1.29 is 19.1 Å². The van der Waals surface area contributed by atoms with E-state index < -0.39 is 17.7 Å². The molecule has 1 N–H and O–H groups in total. The number of anilines is 1. The minimum Gasteiger partial charge on any atom is -0.464 e. The second kappa shape index (κ2) is 7.38. The molecule has 0 unspecified atom stereocenters. The molecular formula is C12H13ClN2O4. The first-order chi connectivity index (χ1) is 9.10. The maximum absolute atomic E-state index is 11.5. The van der Waals surface area contributed by atoms with Gasteiger partial charge in [-0.05, 0) is 19.1 Å². The molecule has 6 nitrogen and oxygen atoms in total. The third-order valence-electron chi connectivity index (χ3n) is 2.01. The molecule has 0 aliphatic rings. The number of para-hydroxylation sites is 1. The number of methoxy groups -OCH3 is 1. The van der Waals surface area contributed by atoms with Crippen LogP contribution in [0.4, 0.5) is 5.69 Å². The van der Waals surface area contributed by atoms with Crippen LogP contribution in [0.3, 0.4) is 0 Å². The molecule has 0 saturated carbocycles. The van der Waals surface area contributed by atoms with E-state index >= 15 is 0 Å². The van der Waals surface area contributed by atoms with Crippen LogP contribution < -0.4 is 5.43 Å². The summed E-state index contributed by atoms with van der Waals surface area (Å²) in [5, 5.41) is 4.08. The number of rotatable bonds is 5. The third-order valence-corrected chi connectivity index (χ3v) is 2.34. The van der Waals surface area contributed by atoms with E-state index in [9.17, 15) is 9.59 Å². The van der Waals surface area contributed by atoms with E-state index in [1.165, 1.54) is 0 Å². The summed E-state index contributed by atoms with van der Waals surface area (Å²) < 4.78 is 9.16. The minimum absolute atomic E-state index is 0.126. The van der Waals surface area contributed by atoms with Crippen LogP contribution in [0.5, 0.6) is 0 Å². The Morgan fingerprint density at radius 3 is 2.58 bits per heavy atom. The molecule has 0 spiro atoms. The number of carbonyl (C=O) groups is 2. The fourth-order valence-electron chi connectivity index (χ4n) is 1.14. The second-order valence-electron chi connectivity index (χ2n) is 3.26. The third kappa shape index (κ3) is 4.26. The Morgan fingerprint density at radius 1 is 1.32 bits per heavy atom. The zero-order valence-electron chi connectivity index (χ0n) is 10.5. The van der Waals surface area contributed by atoms with Crippen molar-refractivity contribution >= 4 is 34.9 Å². The molecule has 0 radical (unpaired) electrons. The number of carbonyl (C=O) groups excluding carboxylic acids is 2. The molecule has 0 amide bonds. The van der Waals surface area contributed by atoms with Gasteiger partial charge in [0.2, 0.25) is 0 Å². The lowest BCUT2D eigenvalue weighted by Gasteiger charge is -2.06. The molecule has 7 heteroatoms. The summed E-state index contributed by atoms with van der Waals surface area (Å²) in [6.07, 6.45) is 0. The zero-order chi connectivity index (χ0) is 14.3. The fourth-order valence-corrected chi connectivity index (χ4v) is 1.32. The standard InChI is InChI=1S/C12H13ClN2O4/c1-3-19-12(17)10(11(16)18-2)15-14-9-7-5-4-6-8(9)13/h4-7,14H,3H2,1-2H3/b15-10+. The molecule has 0 fully saturated rings. The van der Waals surface area contributed by atoms with E-state index in [0.717, 1.165) is 7.11 Å². The lowest BCUT2D eigenvalue weighted by molar-refractivity contribution is -0.139. The van der Waals surface area contributed by atoms with Gasteiger partial charge in [0.15, 0.2) is 0 Å². The average Bonchev–Trinajstić information content (AvgIpc) is 2.41. The summed E-state index contributed by atoms with van der Waals surface area (Å²) in [5.41, 5.74) is 2.49. The molecular weight excluding hydrogens is 272 g/mol. The summed E-state index contributed by atoms with van der Waals surface area (Å²) in [4.78, 5) is 22.9. The van der Waals surface area contributed by atoms with E-state index in [1.54, 1.807) is 31.2 Å². The smallest absolute Gasteiger partial charge is 0.366 e. The molecule has 0 aliphatic carbocycles.